The van der Waals surface area contributed by atoms with E-state index in [9.17, 15) is 4.79 Å². The highest BCUT2D eigenvalue weighted by molar-refractivity contribution is 6.74. The van der Waals surface area contributed by atoms with Crippen LogP contribution in [0.1, 0.15) is 53.5 Å². The molecule has 0 radical (unpaired) electrons. The minimum absolute atomic E-state index is 0.0703. The van der Waals surface area contributed by atoms with E-state index in [1.54, 1.807) is 0 Å². The first-order chi connectivity index (χ1) is 12.4. The maximum atomic E-state index is 12.6. The van der Waals surface area contributed by atoms with Gasteiger partial charge in [-0.15, -0.1) is 0 Å². The van der Waals surface area contributed by atoms with Crippen molar-refractivity contribution in [2.45, 2.75) is 78.8 Å². The highest BCUT2D eigenvalue weighted by Gasteiger charge is 2.45. The van der Waals surface area contributed by atoms with Crippen LogP contribution in [0.25, 0.3) is 0 Å². The molecular formula is C22H38O4Si. The molecule has 0 N–H and O–H groups in total. The summed E-state index contributed by atoms with van der Waals surface area (Å²) in [6.45, 7) is 18.2. The smallest absolute Gasteiger partial charge is 0.314 e. The minimum atomic E-state index is -2.03. The number of hydrogen-bond donors (Lipinski definition) is 0. The quantitative estimate of drug-likeness (QED) is 0.295. The fraction of sp³-hybridized carbons (Fsp3) is 0.682. The van der Waals surface area contributed by atoms with E-state index in [0.29, 0.717) is 26.2 Å². The molecular weight excluding hydrogens is 356 g/mol. The van der Waals surface area contributed by atoms with Crippen LogP contribution in [0.4, 0.5) is 0 Å². The molecule has 0 unspecified atom stereocenters. The molecule has 1 aromatic carbocycles. The van der Waals surface area contributed by atoms with Crippen LogP contribution in [0.2, 0.25) is 18.1 Å². The van der Waals surface area contributed by atoms with Gasteiger partial charge in [-0.2, -0.15) is 0 Å². The van der Waals surface area contributed by atoms with Gasteiger partial charge in [0.25, 0.3) is 0 Å². The summed E-state index contributed by atoms with van der Waals surface area (Å²) in [7, 11) is -2.03. The molecule has 4 nitrogen and oxygen atoms in total. The molecule has 0 bridgehead atoms. The first-order valence-electron chi connectivity index (χ1n) is 9.88. The molecule has 5 heteroatoms. The van der Waals surface area contributed by atoms with Gasteiger partial charge in [0.1, 0.15) is 0 Å². The Kier molecular flexibility index (Phi) is 8.71. The zero-order valence-corrected chi connectivity index (χ0v) is 19.4. The van der Waals surface area contributed by atoms with Crippen molar-refractivity contribution in [1.29, 1.82) is 0 Å². The van der Waals surface area contributed by atoms with Crippen molar-refractivity contribution in [2.75, 3.05) is 13.2 Å². The monoisotopic (exact) mass is 394 g/mol. The summed E-state index contributed by atoms with van der Waals surface area (Å²) in [5.41, 5.74) is 0.422. The summed E-state index contributed by atoms with van der Waals surface area (Å²) in [6.07, 6.45) is 0.416. The Balaban J connectivity index is 2.82. The number of hydrogen-bond acceptors (Lipinski definition) is 4. The second-order valence-corrected chi connectivity index (χ2v) is 13.9. The predicted molar refractivity (Wildman–Crippen MR) is 113 cm³/mol. The van der Waals surface area contributed by atoms with Crippen LogP contribution < -0.4 is 0 Å². The van der Waals surface area contributed by atoms with Crippen molar-refractivity contribution >= 4 is 14.3 Å². The second kappa shape index (κ2) is 9.85. The van der Waals surface area contributed by atoms with E-state index < -0.39 is 13.7 Å². The molecule has 154 valence electrons. The van der Waals surface area contributed by atoms with Gasteiger partial charge < -0.3 is 13.9 Å². The lowest BCUT2D eigenvalue weighted by Crippen LogP contribution is -2.50. The molecule has 0 saturated carbocycles. The zero-order chi connectivity index (χ0) is 20.7. The average molecular weight is 395 g/mol. The number of carbonyl (C=O) groups is 1. The first-order valence-corrected chi connectivity index (χ1v) is 12.8. The summed E-state index contributed by atoms with van der Waals surface area (Å²) in [5, 5.41) is 0.0703. The molecule has 0 aromatic heterocycles. The molecule has 0 aliphatic heterocycles. The Morgan fingerprint density at radius 3 is 2.19 bits per heavy atom. The standard InChI is InChI=1S/C22H38O4Si/c1-9-25-20(23)22(5,6)19(26-27(7,8)21(2,3)4)15-16-24-17-18-13-11-10-12-14-18/h10-14,19H,9,15-17H2,1-8H3/t19-/m1/s1. The number of esters is 1. The van der Waals surface area contributed by atoms with Crippen molar-refractivity contribution in [2.24, 2.45) is 5.41 Å². The Morgan fingerprint density at radius 2 is 1.67 bits per heavy atom. The SMILES string of the molecule is CCOC(=O)C(C)(C)[C@@H](CCOCc1ccccc1)O[Si](C)(C)C(C)(C)C. The van der Waals surface area contributed by atoms with E-state index >= 15 is 0 Å². The molecule has 0 fully saturated rings. The maximum absolute atomic E-state index is 12.6. The number of benzene rings is 1. The van der Waals surface area contributed by atoms with Crippen molar-refractivity contribution in [3.8, 4) is 0 Å². The van der Waals surface area contributed by atoms with E-state index in [1.807, 2.05) is 51.1 Å². The van der Waals surface area contributed by atoms with E-state index in [0.717, 1.165) is 5.56 Å². The van der Waals surface area contributed by atoms with Crippen LogP contribution in [0.3, 0.4) is 0 Å². The van der Waals surface area contributed by atoms with E-state index in [2.05, 4.69) is 33.9 Å². The van der Waals surface area contributed by atoms with Crippen LogP contribution in [0, 0.1) is 5.41 Å². The summed E-state index contributed by atoms with van der Waals surface area (Å²) < 4.78 is 17.8. The van der Waals surface area contributed by atoms with Gasteiger partial charge in [0.15, 0.2) is 8.32 Å². The molecule has 0 heterocycles. The van der Waals surface area contributed by atoms with Gasteiger partial charge in [-0.05, 0) is 50.9 Å². The van der Waals surface area contributed by atoms with Crippen LogP contribution in [-0.2, 0) is 25.3 Å². The fourth-order valence-electron chi connectivity index (χ4n) is 2.50. The Morgan fingerprint density at radius 1 is 1.07 bits per heavy atom. The lowest BCUT2D eigenvalue weighted by atomic mass is 9.85. The summed E-state index contributed by atoms with van der Waals surface area (Å²) >= 11 is 0. The number of carbonyl (C=O) groups excluding carboxylic acids is 1. The van der Waals surface area contributed by atoms with Gasteiger partial charge in [-0.3, -0.25) is 4.79 Å². The molecule has 0 saturated heterocycles. The molecule has 0 spiro atoms. The van der Waals surface area contributed by atoms with Gasteiger partial charge in [-0.1, -0.05) is 51.1 Å². The number of ether oxygens (including phenoxy) is 2. The third-order valence-corrected chi connectivity index (χ3v) is 9.97. The van der Waals surface area contributed by atoms with Crippen LogP contribution >= 0.6 is 0 Å². The van der Waals surface area contributed by atoms with E-state index in [4.69, 9.17) is 13.9 Å². The summed E-state index contributed by atoms with van der Waals surface area (Å²) in [6, 6.07) is 10.1. The van der Waals surface area contributed by atoms with Crippen molar-refractivity contribution < 1.29 is 18.7 Å². The predicted octanol–water partition coefficient (Wildman–Crippen LogP) is 5.57. The lowest BCUT2D eigenvalue weighted by Gasteiger charge is -2.43. The van der Waals surface area contributed by atoms with Gasteiger partial charge in [0.05, 0.1) is 24.7 Å². The van der Waals surface area contributed by atoms with Gasteiger partial charge >= 0.3 is 5.97 Å². The van der Waals surface area contributed by atoms with Crippen LogP contribution in [0.15, 0.2) is 30.3 Å². The normalized spacial score (nSPS) is 14.1. The topological polar surface area (TPSA) is 44.8 Å². The second-order valence-electron chi connectivity index (χ2n) is 9.14. The highest BCUT2D eigenvalue weighted by Crippen LogP contribution is 2.40. The lowest BCUT2D eigenvalue weighted by molar-refractivity contribution is -0.160. The van der Waals surface area contributed by atoms with Crippen LogP contribution in [0.5, 0.6) is 0 Å². The van der Waals surface area contributed by atoms with Gasteiger partial charge in [0.2, 0.25) is 0 Å². The Bertz CT molecular complexity index is 576. The van der Waals surface area contributed by atoms with E-state index in [-0.39, 0.29) is 17.1 Å². The highest BCUT2D eigenvalue weighted by atomic mass is 28.4. The number of rotatable bonds is 10. The Labute approximate surface area is 166 Å². The fourth-order valence-corrected chi connectivity index (χ4v) is 3.98. The molecule has 27 heavy (non-hydrogen) atoms. The molecule has 1 atom stereocenters. The van der Waals surface area contributed by atoms with E-state index in [1.165, 1.54) is 0 Å². The molecule has 0 aliphatic carbocycles. The molecule has 1 aromatic rings. The minimum Gasteiger partial charge on any atom is -0.466 e. The Hall–Kier alpha value is -1.17. The summed E-state index contributed by atoms with van der Waals surface area (Å²) in [5.74, 6) is -0.211. The maximum Gasteiger partial charge on any atom is 0.314 e. The molecule has 0 aliphatic rings. The van der Waals surface area contributed by atoms with Crippen molar-refractivity contribution in [1.82, 2.24) is 0 Å². The largest absolute Gasteiger partial charge is 0.466 e. The van der Waals surface area contributed by atoms with Gasteiger partial charge in [0, 0.05) is 6.61 Å². The molecule has 0 amide bonds. The third-order valence-electron chi connectivity index (χ3n) is 5.49. The van der Waals surface area contributed by atoms with Crippen LogP contribution in [-0.4, -0.2) is 33.6 Å². The third kappa shape index (κ3) is 7.05. The van der Waals surface area contributed by atoms with Crippen molar-refractivity contribution in [3.05, 3.63) is 35.9 Å². The van der Waals surface area contributed by atoms with Gasteiger partial charge in [-0.25, -0.2) is 0 Å². The summed E-state index contributed by atoms with van der Waals surface area (Å²) in [4.78, 5) is 12.6. The first kappa shape index (κ1) is 23.9. The molecule has 1 rings (SSSR count). The van der Waals surface area contributed by atoms with Crippen molar-refractivity contribution in [3.63, 3.8) is 0 Å². The zero-order valence-electron chi connectivity index (χ0n) is 18.4. The average Bonchev–Trinajstić information content (AvgIpc) is 2.57.